The van der Waals surface area contributed by atoms with Crippen molar-refractivity contribution < 1.29 is 14.4 Å². The van der Waals surface area contributed by atoms with Gasteiger partial charge in [0.1, 0.15) is 6.04 Å². The lowest BCUT2D eigenvalue weighted by atomic mass is 9.96. The van der Waals surface area contributed by atoms with Gasteiger partial charge >= 0.3 is 5.97 Å². The van der Waals surface area contributed by atoms with Crippen molar-refractivity contribution in [2.45, 2.75) is 45.7 Å². The lowest BCUT2D eigenvalue weighted by Gasteiger charge is -2.18. The van der Waals surface area contributed by atoms with E-state index in [1.165, 1.54) is 0 Å². The van der Waals surface area contributed by atoms with Crippen LogP contribution in [0.2, 0.25) is 0 Å². The molecule has 1 N–H and O–H groups in total. The first-order valence-corrected chi connectivity index (χ1v) is 5.48. The molecule has 1 rings (SSSR count). The maximum atomic E-state index is 10.8. The molecule has 0 fully saturated rings. The number of hydrogen-bond acceptors (Lipinski definition) is 5. The van der Waals surface area contributed by atoms with Crippen LogP contribution in [-0.2, 0) is 16.8 Å². The Bertz CT molecular complexity index is 395. The van der Waals surface area contributed by atoms with Gasteiger partial charge < -0.3 is 9.63 Å². The number of likely N-dealkylation sites (N-methyl/N-ethyl adjacent to an activating group) is 1. The Balaban J connectivity index is 2.70. The van der Waals surface area contributed by atoms with E-state index >= 15 is 0 Å². The fraction of sp³-hybridized carbons (Fsp3) is 0.727. The van der Waals surface area contributed by atoms with Crippen LogP contribution in [-0.4, -0.2) is 39.2 Å². The number of nitrogens with zero attached hydrogens (tertiary/aromatic N) is 3. The molecule has 1 heterocycles. The first-order chi connectivity index (χ1) is 7.71. The predicted octanol–water partition coefficient (Wildman–Crippen LogP) is 1.27. The first kappa shape index (κ1) is 13.6. The van der Waals surface area contributed by atoms with E-state index in [9.17, 15) is 4.79 Å². The molecule has 96 valence electrons. The number of aromatic nitrogens is 2. The summed E-state index contributed by atoms with van der Waals surface area (Å²) in [5.41, 5.74) is -0.168. The van der Waals surface area contributed by atoms with Gasteiger partial charge in [0, 0.05) is 5.41 Å². The highest BCUT2D eigenvalue weighted by molar-refractivity contribution is 5.72. The van der Waals surface area contributed by atoms with E-state index in [-0.39, 0.29) is 5.41 Å². The topological polar surface area (TPSA) is 79.5 Å². The molecule has 0 aliphatic heterocycles. The third-order valence-electron chi connectivity index (χ3n) is 2.54. The average Bonchev–Trinajstić information content (AvgIpc) is 2.64. The minimum absolute atomic E-state index is 0.168. The lowest BCUT2D eigenvalue weighted by Crippen LogP contribution is -2.35. The summed E-state index contributed by atoms with van der Waals surface area (Å²) >= 11 is 0. The number of rotatable bonds is 4. The Morgan fingerprint density at radius 3 is 2.53 bits per heavy atom. The number of aliphatic carboxylic acids is 1. The van der Waals surface area contributed by atoms with Gasteiger partial charge in [-0.1, -0.05) is 25.9 Å². The molecule has 17 heavy (non-hydrogen) atoms. The number of carboxylic acid groups (broad SMARTS) is 1. The molecule has 0 aliphatic rings. The summed E-state index contributed by atoms with van der Waals surface area (Å²) in [6.45, 7) is 7.92. The highest BCUT2D eigenvalue weighted by Crippen LogP contribution is 2.18. The largest absolute Gasteiger partial charge is 0.480 e. The maximum absolute atomic E-state index is 10.8. The second kappa shape index (κ2) is 4.83. The summed E-state index contributed by atoms with van der Waals surface area (Å²) in [4.78, 5) is 16.7. The van der Waals surface area contributed by atoms with E-state index in [2.05, 4.69) is 10.1 Å². The molecule has 0 saturated carbocycles. The Kier molecular flexibility index (Phi) is 3.87. The SMILES string of the molecule is CC(C(=O)O)N(C)Cc1nc(C(C)(C)C)no1. The summed E-state index contributed by atoms with van der Waals surface area (Å²) < 4.78 is 5.10. The first-order valence-electron chi connectivity index (χ1n) is 5.48. The van der Waals surface area contributed by atoms with Crippen LogP contribution in [0.3, 0.4) is 0 Å². The zero-order valence-electron chi connectivity index (χ0n) is 10.9. The second-order valence-corrected chi connectivity index (χ2v) is 5.19. The molecule has 6 heteroatoms. The van der Waals surface area contributed by atoms with Crippen molar-refractivity contribution in [1.29, 1.82) is 0 Å². The quantitative estimate of drug-likeness (QED) is 0.855. The lowest BCUT2D eigenvalue weighted by molar-refractivity contribution is -0.142. The van der Waals surface area contributed by atoms with E-state index in [0.717, 1.165) is 0 Å². The van der Waals surface area contributed by atoms with Gasteiger partial charge in [0.15, 0.2) is 5.82 Å². The summed E-state index contributed by atoms with van der Waals surface area (Å²) in [5, 5.41) is 12.7. The highest BCUT2D eigenvalue weighted by Gasteiger charge is 2.23. The summed E-state index contributed by atoms with van der Waals surface area (Å²) in [6.07, 6.45) is 0. The fourth-order valence-electron chi connectivity index (χ4n) is 1.16. The van der Waals surface area contributed by atoms with Crippen molar-refractivity contribution in [2.75, 3.05) is 7.05 Å². The standard InChI is InChI=1S/C11H19N3O3/c1-7(9(15)16)14(5)6-8-12-10(13-17-8)11(2,3)4/h7H,6H2,1-5H3,(H,15,16). The van der Waals surface area contributed by atoms with E-state index < -0.39 is 12.0 Å². The van der Waals surface area contributed by atoms with Gasteiger partial charge in [-0.15, -0.1) is 0 Å². The van der Waals surface area contributed by atoms with Gasteiger partial charge in [0.25, 0.3) is 0 Å². The van der Waals surface area contributed by atoms with Gasteiger partial charge in [0.05, 0.1) is 6.54 Å². The summed E-state index contributed by atoms with van der Waals surface area (Å²) in [6, 6.07) is -0.583. The number of carboxylic acids is 1. The molecule has 1 unspecified atom stereocenters. The minimum Gasteiger partial charge on any atom is -0.480 e. The van der Waals surface area contributed by atoms with E-state index in [0.29, 0.717) is 18.3 Å². The molecule has 0 amide bonds. The summed E-state index contributed by atoms with van der Waals surface area (Å²) in [7, 11) is 1.71. The fourth-order valence-corrected chi connectivity index (χ4v) is 1.16. The second-order valence-electron chi connectivity index (χ2n) is 5.19. The molecule has 6 nitrogen and oxygen atoms in total. The van der Waals surface area contributed by atoms with Crippen LogP contribution in [0, 0.1) is 0 Å². The van der Waals surface area contributed by atoms with Crippen LogP contribution in [0.1, 0.15) is 39.4 Å². The van der Waals surface area contributed by atoms with Crippen LogP contribution in [0.25, 0.3) is 0 Å². The molecule has 1 aromatic rings. The van der Waals surface area contributed by atoms with Crippen LogP contribution in [0.15, 0.2) is 4.52 Å². The Morgan fingerprint density at radius 1 is 1.53 bits per heavy atom. The molecule has 0 aromatic carbocycles. The van der Waals surface area contributed by atoms with Gasteiger partial charge in [-0.3, -0.25) is 9.69 Å². The smallest absolute Gasteiger partial charge is 0.320 e. The van der Waals surface area contributed by atoms with Crippen molar-refractivity contribution in [3.05, 3.63) is 11.7 Å². The average molecular weight is 241 g/mol. The molecular weight excluding hydrogens is 222 g/mol. The van der Waals surface area contributed by atoms with Crippen LogP contribution < -0.4 is 0 Å². The zero-order chi connectivity index (χ0) is 13.2. The van der Waals surface area contributed by atoms with Crippen LogP contribution in [0.5, 0.6) is 0 Å². The molecule has 0 radical (unpaired) electrons. The Morgan fingerprint density at radius 2 is 2.12 bits per heavy atom. The van der Waals surface area contributed by atoms with Gasteiger partial charge in [0.2, 0.25) is 5.89 Å². The molecule has 0 saturated heterocycles. The summed E-state index contributed by atoms with van der Waals surface area (Å²) in [5.74, 6) is 0.192. The van der Waals surface area contributed by atoms with Gasteiger partial charge in [-0.05, 0) is 14.0 Å². The molecule has 1 atom stereocenters. The normalized spacial score (nSPS) is 14.0. The third-order valence-corrected chi connectivity index (χ3v) is 2.54. The Hall–Kier alpha value is -1.43. The number of carbonyl (C=O) groups is 1. The van der Waals surface area contributed by atoms with Crippen molar-refractivity contribution in [2.24, 2.45) is 0 Å². The van der Waals surface area contributed by atoms with Gasteiger partial charge in [-0.2, -0.15) is 4.98 Å². The monoisotopic (exact) mass is 241 g/mol. The zero-order valence-corrected chi connectivity index (χ0v) is 10.9. The highest BCUT2D eigenvalue weighted by atomic mass is 16.5. The Labute approximate surface area is 101 Å². The van der Waals surface area contributed by atoms with Gasteiger partial charge in [-0.25, -0.2) is 0 Å². The van der Waals surface area contributed by atoms with E-state index in [1.54, 1.807) is 18.9 Å². The molecule has 0 spiro atoms. The molecular formula is C11H19N3O3. The van der Waals surface area contributed by atoms with E-state index in [4.69, 9.17) is 9.63 Å². The van der Waals surface area contributed by atoms with Crippen LogP contribution in [0.4, 0.5) is 0 Å². The molecule has 1 aromatic heterocycles. The number of hydrogen-bond donors (Lipinski definition) is 1. The van der Waals surface area contributed by atoms with Crippen molar-refractivity contribution in [3.8, 4) is 0 Å². The van der Waals surface area contributed by atoms with E-state index in [1.807, 2.05) is 20.8 Å². The van der Waals surface area contributed by atoms with Crippen molar-refractivity contribution in [3.63, 3.8) is 0 Å². The van der Waals surface area contributed by atoms with Crippen molar-refractivity contribution in [1.82, 2.24) is 15.0 Å². The molecule has 0 aliphatic carbocycles. The minimum atomic E-state index is -0.872. The molecule has 0 bridgehead atoms. The van der Waals surface area contributed by atoms with Crippen LogP contribution >= 0.6 is 0 Å². The maximum Gasteiger partial charge on any atom is 0.320 e. The van der Waals surface area contributed by atoms with Crippen molar-refractivity contribution >= 4 is 5.97 Å². The third kappa shape index (κ3) is 3.52. The predicted molar refractivity (Wildman–Crippen MR) is 61.6 cm³/mol.